The zero-order valence-electron chi connectivity index (χ0n) is 17.4. The molecule has 1 heterocycles. The molecule has 0 amide bonds. The minimum atomic E-state index is -1.44. The molecular weight excluding hydrogens is 420 g/mol. The minimum absolute atomic E-state index is 0.482. The van der Waals surface area contributed by atoms with Crippen molar-refractivity contribution in [3.05, 3.63) is 69.7 Å². The summed E-state index contributed by atoms with van der Waals surface area (Å²) >= 11 is 6.38. The van der Waals surface area contributed by atoms with Gasteiger partial charge < -0.3 is 30.3 Å². The maximum absolute atomic E-state index is 10.4. The highest BCUT2D eigenvalue weighted by molar-refractivity contribution is 6.31. The van der Waals surface area contributed by atoms with Crippen LogP contribution in [0.3, 0.4) is 0 Å². The lowest BCUT2D eigenvalue weighted by atomic mass is 9.90. The smallest absolute Gasteiger partial charge is 0.120 e. The zero-order chi connectivity index (χ0) is 22.8. The molecule has 1 saturated heterocycles. The molecule has 166 valence electrons. The quantitative estimate of drug-likeness (QED) is 0.456. The van der Waals surface area contributed by atoms with Crippen LogP contribution in [-0.4, -0.2) is 62.2 Å². The molecule has 5 N–H and O–H groups in total. The van der Waals surface area contributed by atoms with E-state index in [1.54, 1.807) is 32.0 Å². The van der Waals surface area contributed by atoms with Gasteiger partial charge in [0.05, 0.1) is 6.61 Å². The van der Waals surface area contributed by atoms with Crippen LogP contribution in [0.15, 0.2) is 42.5 Å². The first kappa shape index (κ1) is 23.7. The summed E-state index contributed by atoms with van der Waals surface area (Å²) in [6, 6.07) is 12.7. The van der Waals surface area contributed by atoms with E-state index in [1.807, 2.05) is 24.3 Å². The Balaban J connectivity index is 1.81. The number of hydrogen-bond acceptors (Lipinski definition) is 6. The third-order valence-corrected chi connectivity index (χ3v) is 5.52. The number of benzene rings is 2. The van der Waals surface area contributed by atoms with Crippen LogP contribution in [0.1, 0.15) is 42.2 Å². The largest absolute Gasteiger partial charge is 0.394 e. The Hall–Kier alpha value is -1.95. The maximum atomic E-state index is 10.4. The number of hydrogen-bond donors (Lipinski definition) is 5. The SMILES string of the molecule is CC(C)(O)C#Cc1ccc(Cc2cc([C@@H]3O[C@H](CO)[C@@H](O)[C@H](O)[C@H]3O)ccc2Cl)cc1. The summed E-state index contributed by atoms with van der Waals surface area (Å²) in [5.41, 5.74) is 2.10. The zero-order valence-corrected chi connectivity index (χ0v) is 18.1. The molecule has 0 saturated carbocycles. The van der Waals surface area contributed by atoms with E-state index in [4.69, 9.17) is 16.3 Å². The molecule has 0 spiro atoms. The molecule has 0 aromatic heterocycles. The second kappa shape index (κ2) is 9.68. The van der Waals surface area contributed by atoms with Crippen molar-refractivity contribution in [2.75, 3.05) is 6.61 Å². The summed E-state index contributed by atoms with van der Waals surface area (Å²) in [7, 11) is 0. The molecule has 1 aliphatic rings. The first-order valence-electron chi connectivity index (χ1n) is 10.0. The van der Waals surface area contributed by atoms with Gasteiger partial charge in [-0.15, -0.1) is 0 Å². The van der Waals surface area contributed by atoms with E-state index in [2.05, 4.69) is 11.8 Å². The van der Waals surface area contributed by atoms with Crippen molar-refractivity contribution in [2.45, 2.75) is 56.4 Å². The van der Waals surface area contributed by atoms with Gasteiger partial charge in [-0.1, -0.05) is 47.7 Å². The predicted octanol–water partition coefficient (Wildman–Crippen LogP) is 1.57. The molecule has 6 nitrogen and oxygen atoms in total. The van der Waals surface area contributed by atoms with Crippen molar-refractivity contribution in [2.24, 2.45) is 0 Å². The van der Waals surface area contributed by atoms with Crippen LogP contribution in [0.2, 0.25) is 5.02 Å². The molecule has 2 aromatic carbocycles. The van der Waals surface area contributed by atoms with Crippen molar-refractivity contribution < 1.29 is 30.3 Å². The van der Waals surface area contributed by atoms with Crippen LogP contribution in [0, 0.1) is 11.8 Å². The van der Waals surface area contributed by atoms with Crippen molar-refractivity contribution in [1.82, 2.24) is 0 Å². The third kappa shape index (κ3) is 5.85. The second-order valence-corrected chi connectivity index (χ2v) is 8.69. The molecule has 7 heteroatoms. The lowest BCUT2D eigenvalue weighted by Gasteiger charge is -2.40. The van der Waals surface area contributed by atoms with Gasteiger partial charge in [0, 0.05) is 10.6 Å². The standard InChI is InChI=1S/C24H27ClO6/c1-24(2,30)10-9-14-3-5-15(6-4-14)11-17-12-16(7-8-18(17)25)23-22(29)21(28)20(27)19(13-26)31-23/h3-8,12,19-23,26-30H,11,13H2,1-2H3/t19-,20-,21+,22-,23+/m1/s1. The van der Waals surface area contributed by atoms with E-state index >= 15 is 0 Å². The van der Waals surface area contributed by atoms with E-state index < -0.39 is 42.7 Å². The van der Waals surface area contributed by atoms with E-state index in [0.717, 1.165) is 16.7 Å². The fraction of sp³-hybridized carbons (Fsp3) is 0.417. The van der Waals surface area contributed by atoms with Crippen molar-refractivity contribution >= 4 is 11.6 Å². The van der Waals surface area contributed by atoms with Crippen molar-refractivity contribution in [1.29, 1.82) is 0 Å². The molecule has 0 radical (unpaired) electrons. The molecule has 0 unspecified atom stereocenters. The fourth-order valence-corrected chi connectivity index (χ4v) is 3.62. The lowest BCUT2D eigenvalue weighted by Crippen LogP contribution is -2.55. The maximum Gasteiger partial charge on any atom is 0.120 e. The third-order valence-electron chi connectivity index (χ3n) is 5.15. The van der Waals surface area contributed by atoms with Gasteiger partial charge in [-0.05, 0) is 55.2 Å². The number of aliphatic hydroxyl groups is 5. The Morgan fingerprint density at radius 3 is 2.29 bits per heavy atom. The monoisotopic (exact) mass is 446 g/mol. The van der Waals surface area contributed by atoms with Gasteiger partial charge in [-0.3, -0.25) is 0 Å². The number of rotatable bonds is 4. The van der Waals surface area contributed by atoms with Crippen molar-refractivity contribution in [3.8, 4) is 11.8 Å². The van der Waals surface area contributed by atoms with E-state index in [0.29, 0.717) is 17.0 Å². The molecule has 5 atom stereocenters. The molecule has 0 bridgehead atoms. The van der Waals surface area contributed by atoms with Crippen LogP contribution in [0.5, 0.6) is 0 Å². The van der Waals surface area contributed by atoms with Crippen molar-refractivity contribution in [3.63, 3.8) is 0 Å². The molecular formula is C24H27ClO6. The highest BCUT2D eigenvalue weighted by Crippen LogP contribution is 2.34. The number of ether oxygens (including phenoxy) is 1. The van der Waals surface area contributed by atoms with Crippen LogP contribution >= 0.6 is 11.6 Å². The summed E-state index contributed by atoms with van der Waals surface area (Å²) < 4.78 is 5.64. The number of halogens is 1. The Morgan fingerprint density at radius 1 is 1.00 bits per heavy atom. The van der Waals surface area contributed by atoms with Gasteiger partial charge in [0.2, 0.25) is 0 Å². The predicted molar refractivity (Wildman–Crippen MR) is 117 cm³/mol. The Kier molecular flexibility index (Phi) is 7.40. The van der Waals surface area contributed by atoms with Gasteiger partial charge in [-0.25, -0.2) is 0 Å². The summed E-state index contributed by atoms with van der Waals surface area (Å²) in [6.07, 6.45) is -5.55. The average molecular weight is 447 g/mol. The molecule has 1 fully saturated rings. The Morgan fingerprint density at radius 2 is 1.68 bits per heavy atom. The lowest BCUT2D eigenvalue weighted by molar-refractivity contribution is -0.231. The normalized spacial score (nSPS) is 26.3. The molecule has 3 rings (SSSR count). The summed E-state index contributed by atoms with van der Waals surface area (Å²) in [5, 5.41) is 50.1. The Labute approximate surface area is 186 Å². The summed E-state index contributed by atoms with van der Waals surface area (Å²) in [6.45, 7) is 2.77. The van der Waals surface area contributed by atoms with E-state index in [-0.39, 0.29) is 0 Å². The van der Waals surface area contributed by atoms with Crippen LogP contribution < -0.4 is 0 Å². The highest BCUT2D eigenvalue weighted by Gasteiger charge is 2.44. The first-order chi connectivity index (χ1) is 14.6. The average Bonchev–Trinajstić information content (AvgIpc) is 2.73. The molecule has 1 aliphatic heterocycles. The number of aliphatic hydroxyl groups excluding tert-OH is 4. The highest BCUT2D eigenvalue weighted by atomic mass is 35.5. The van der Waals surface area contributed by atoms with E-state index in [1.165, 1.54) is 0 Å². The fourth-order valence-electron chi connectivity index (χ4n) is 3.44. The molecule has 31 heavy (non-hydrogen) atoms. The van der Waals surface area contributed by atoms with E-state index in [9.17, 15) is 25.5 Å². The van der Waals surface area contributed by atoms with Crippen LogP contribution in [0.25, 0.3) is 0 Å². The van der Waals surface area contributed by atoms with Gasteiger partial charge in [0.15, 0.2) is 0 Å². The first-order valence-corrected chi connectivity index (χ1v) is 10.4. The molecule has 0 aliphatic carbocycles. The summed E-state index contributed by atoms with van der Waals surface area (Å²) in [5.74, 6) is 5.70. The second-order valence-electron chi connectivity index (χ2n) is 8.28. The van der Waals surface area contributed by atoms with Gasteiger partial charge in [0.1, 0.15) is 36.1 Å². The molecule has 2 aromatic rings. The van der Waals surface area contributed by atoms with Crippen LogP contribution in [-0.2, 0) is 11.2 Å². The van der Waals surface area contributed by atoms with Crippen LogP contribution in [0.4, 0.5) is 0 Å². The Bertz CT molecular complexity index is 955. The topological polar surface area (TPSA) is 110 Å². The van der Waals surface area contributed by atoms with Gasteiger partial charge in [-0.2, -0.15) is 0 Å². The minimum Gasteiger partial charge on any atom is -0.394 e. The van der Waals surface area contributed by atoms with Gasteiger partial charge in [0.25, 0.3) is 0 Å². The van der Waals surface area contributed by atoms with Gasteiger partial charge >= 0.3 is 0 Å². The summed E-state index contributed by atoms with van der Waals surface area (Å²) in [4.78, 5) is 0.